The van der Waals surface area contributed by atoms with Gasteiger partial charge in [0, 0.05) is 25.1 Å². The summed E-state index contributed by atoms with van der Waals surface area (Å²) < 4.78 is 14.0. The van der Waals surface area contributed by atoms with E-state index < -0.39 is 11.7 Å². The summed E-state index contributed by atoms with van der Waals surface area (Å²) in [5.74, 6) is 4.45. The predicted molar refractivity (Wildman–Crippen MR) is 77.9 cm³/mol. The molecule has 2 rings (SSSR count). The van der Waals surface area contributed by atoms with E-state index in [4.69, 9.17) is 5.11 Å². The van der Waals surface area contributed by atoms with E-state index in [-0.39, 0.29) is 12.2 Å². The van der Waals surface area contributed by atoms with Crippen molar-refractivity contribution < 1.29 is 14.3 Å². The molecule has 0 saturated carbocycles. The lowest BCUT2D eigenvalue weighted by atomic mass is 10.1. The van der Waals surface area contributed by atoms with Crippen LogP contribution < -0.4 is 5.43 Å². The van der Waals surface area contributed by atoms with E-state index in [1.54, 1.807) is 6.07 Å². The molecule has 4 nitrogen and oxygen atoms in total. The number of benzene rings is 1. The summed E-state index contributed by atoms with van der Waals surface area (Å²) in [6.07, 6.45) is 3.60. The molecule has 1 aromatic rings. The first kappa shape index (κ1) is 15.5. The molecule has 1 fully saturated rings. The maximum absolute atomic E-state index is 14.0. The Morgan fingerprint density at radius 2 is 2.10 bits per heavy atom. The zero-order chi connectivity index (χ0) is 15.1. The standard InChI is InChI=1S/C16H19FN2O2/c17-15-12-13(6-2-5-11-20)7-8-14(15)16(21)18-19-9-3-1-4-10-19/h7-8,12,20H,1,3-5,9-11H2,(H,18,21). The highest BCUT2D eigenvalue weighted by Crippen LogP contribution is 2.11. The number of nitrogens with zero attached hydrogens (tertiary/aromatic N) is 1. The Labute approximate surface area is 123 Å². The van der Waals surface area contributed by atoms with Crippen molar-refractivity contribution >= 4 is 5.91 Å². The number of hydrazine groups is 1. The largest absolute Gasteiger partial charge is 0.395 e. The van der Waals surface area contributed by atoms with Crippen LogP contribution in [-0.4, -0.2) is 35.7 Å². The van der Waals surface area contributed by atoms with Crippen molar-refractivity contribution in [1.29, 1.82) is 0 Å². The minimum atomic E-state index is -0.583. The Morgan fingerprint density at radius 1 is 1.33 bits per heavy atom. The zero-order valence-corrected chi connectivity index (χ0v) is 11.9. The number of carbonyl (C=O) groups is 1. The van der Waals surface area contributed by atoms with E-state index >= 15 is 0 Å². The average molecular weight is 290 g/mol. The molecule has 21 heavy (non-hydrogen) atoms. The highest BCUT2D eigenvalue weighted by Gasteiger charge is 2.16. The summed E-state index contributed by atoms with van der Waals surface area (Å²) in [4.78, 5) is 12.0. The van der Waals surface area contributed by atoms with E-state index in [1.165, 1.54) is 18.6 Å². The summed E-state index contributed by atoms with van der Waals surface area (Å²) in [5, 5.41) is 10.5. The van der Waals surface area contributed by atoms with Crippen LogP contribution in [0.1, 0.15) is 41.6 Å². The normalized spacial score (nSPS) is 15.1. The van der Waals surface area contributed by atoms with Crippen molar-refractivity contribution in [3.8, 4) is 11.8 Å². The third kappa shape index (κ3) is 4.55. The predicted octanol–water partition coefficient (Wildman–Crippen LogP) is 1.69. The molecule has 1 aromatic carbocycles. The quantitative estimate of drug-likeness (QED) is 0.833. The first-order chi connectivity index (χ1) is 10.2. The van der Waals surface area contributed by atoms with Crippen LogP contribution in [0.25, 0.3) is 0 Å². The molecule has 1 saturated heterocycles. The lowest BCUT2D eigenvalue weighted by Crippen LogP contribution is -2.45. The van der Waals surface area contributed by atoms with Crippen LogP contribution in [0.3, 0.4) is 0 Å². The molecule has 112 valence electrons. The van der Waals surface area contributed by atoms with Gasteiger partial charge in [-0.25, -0.2) is 9.40 Å². The van der Waals surface area contributed by atoms with Crippen LogP contribution >= 0.6 is 0 Å². The minimum Gasteiger partial charge on any atom is -0.395 e. The highest BCUT2D eigenvalue weighted by atomic mass is 19.1. The minimum absolute atomic E-state index is 0.0216. The number of nitrogens with one attached hydrogen (secondary N) is 1. The maximum Gasteiger partial charge on any atom is 0.268 e. The molecule has 1 aliphatic rings. The summed E-state index contributed by atoms with van der Waals surface area (Å²) >= 11 is 0. The van der Waals surface area contributed by atoms with Crippen LogP contribution in [0.5, 0.6) is 0 Å². The number of amides is 1. The van der Waals surface area contributed by atoms with Crippen molar-refractivity contribution in [1.82, 2.24) is 10.4 Å². The fourth-order valence-electron chi connectivity index (χ4n) is 2.21. The second-order valence-electron chi connectivity index (χ2n) is 4.96. The van der Waals surface area contributed by atoms with Crippen molar-refractivity contribution in [2.45, 2.75) is 25.7 Å². The number of aliphatic hydroxyl groups is 1. The summed E-state index contributed by atoms with van der Waals surface area (Å²) in [6, 6.07) is 4.30. The number of hydrogen-bond donors (Lipinski definition) is 2. The highest BCUT2D eigenvalue weighted by molar-refractivity contribution is 5.94. The van der Waals surface area contributed by atoms with Crippen molar-refractivity contribution in [3.05, 3.63) is 35.1 Å². The zero-order valence-electron chi connectivity index (χ0n) is 11.9. The Bertz CT molecular complexity index is 557. The van der Waals surface area contributed by atoms with Gasteiger partial charge in [0.05, 0.1) is 12.2 Å². The maximum atomic E-state index is 14.0. The van der Waals surface area contributed by atoms with Crippen LogP contribution in [0, 0.1) is 17.7 Å². The second-order valence-corrected chi connectivity index (χ2v) is 4.96. The van der Waals surface area contributed by atoms with Crippen LogP contribution in [0.2, 0.25) is 0 Å². The third-order valence-corrected chi connectivity index (χ3v) is 3.30. The molecule has 1 heterocycles. The van der Waals surface area contributed by atoms with Crippen molar-refractivity contribution in [3.63, 3.8) is 0 Å². The molecule has 0 bridgehead atoms. The number of aliphatic hydroxyl groups excluding tert-OH is 1. The van der Waals surface area contributed by atoms with E-state index in [0.717, 1.165) is 25.9 Å². The average Bonchev–Trinajstić information content (AvgIpc) is 2.48. The molecule has 2 N–H and O–H groups in total. The first-order valence-electron chi connectivity index (χ1n) is 7.16. The number of carbonyl (C=O) groups excluding carboxylic acids is 1. The summed E-state index contributed by atoms with van der Waals surface area (Å²) in [6.45, 7) is 1.59. The van der Waals surface area contributed by atoms with Gasteiger partial charge in [-0.1, -0.05) is 18.3 Å². The fraction of sp³-hybridized carbons (Fsp3) is 0.438. The van der Waals surface area contributed by atoms with E-state index in [9.17, 15) is 9.18 Å². The topological polar surface area (TPSA) is 52.6 Å². The van der Waals surface area contributed by atoms with Gasteiger partial charge in [-0.3, -0.25) is 10.2 Å². The molecule has 1 aliphatic heterocycles. The number of rotatable bonds is 3. The van der Waals surface area contributed by atoms with Crippen LogP contribution in [0.15, 0.2) is 18.2 Å². The van der Waals surface area contributed by atoms with E-state index in [0.29, 0.717) is 12.0 Å². The first-order valence-corrected chi connectivity index (χ1v) is 7.16. The molecule has 0 aliphatic carbocycles. The van der Waals surface area contributed by atoms with Gasteiger partial charge in [0.2, 0.25) is 0 Å². The van der Waals surface area contributed by atoms with Crippen LogP contribution in [0.4, 0.5) is 4.39 Å². The molecular weight excluding hydrogens is 271 g/mol. The molecule has 0 radical (unpaired) electrons. The van der Waals surface area contributed by atoms with Gasteiger partial charge in [-0.2, -0.15) is 0 Å². The lowest BCUT2D eigenvalue weighted by molar-refractivity contribution is 0.0746. The third-order valence-electron chi connectivity index (χ3n) is 3.30. The Balaban J connectivity index is 2.02. The number of halogens is 1. The van der Waals surface area contributed by atoms with E-state index in [1.807, 2.05) is 5.01 Å². The Hall–Kier alpha value is -1.90. The number of hydrogen-bond acceptors (Lipinski definition) is 3. The van der Waals surface area contributed by atoms with Gasteiger partial charge < -0.3 is 5.11 Å². The van der Waals surface area contributed by atoms with Gasteiger partial charge >= 0.3 is 0 Å². The molecule has 1 amide bonds. The molecule has 0 spiro atoms. The number of piperidine rings is 1. The summed E-state index contributed by atoms with van der Waals surface area (Å²) in [7, 11) is 0. The van der Waals surface area contributed by atoms with E-state index in [2.05, 4.69) is 17.3 Å². The second kappa shape index (κ2) is 7.77. The van der Waals surface area contributed by atoms with Gasteiger partial charge in [-0.15, -0.1) is 0 Å². The van der Waals surface area contributed by atoms with Gasteiger partial charge in [0.15, 0.2) is 0 Å². The lowest BCUT2D eigenvalue weighted by Gasteiger charge is -2.26. The molecule has 0 aromatic heterocycles. The Kier molecular flexibility index (Phi) is 5.73. The monoisotopic (exact) mass is 290 g/mol. The van der Waals surface area contributed by atoms with Gasteiger partial charge in [0.1, 0.15) is 5.82 Å². The smallest absolute Gasteiger partial charge is 0.268 e. The van der Waals surface area contributed by atoms with Crippen molar-refractivity contribution in [2.24, 2.45) is 0 Å². The molecule has 0 atom stereocenters. The fourth-order valence-corrected chi connectivity index (χ4v) is 2.21. The SMILES string of the molecule is O=C(NN1CCCCC1)c1ccc(C#CCCO)cc1F. The van der Waals surface area contributed by atoms with Gasteiger partial charge in [-0.05, 0) is 31.0 Å². The van der Waals surface area contributed by atoms with Gasteiger partial charge in [0.25, 0.3) is 5.91 Å². The molecule has 5 heteroatoms. The summed E-state index contributed by atoms with van der Waals surface area (Å²) in [5.41, 5.74) is 3.25. The van der Waals surface area contributed by atoms with Crippen molar-refractivity contribution in [2.75, 3.05) is 19.7 Å². The van der Waals surface area contributed by atoms with Crippen LogP contribution in [-0.2, 0) is 0 Å². The molecular formula is C16H19FN2O2. The Morgan fingerprint density at radius 3 is 2.76 bits per heavy atom. The molecule has 0 unspecified atom stereocenters.